The van der Waals surface area contributed by atoms with Crippen LogP contribution in [0.3, 0.4) is 0 Å². The molecule has 124 valence electrons. The number of aromatic amines is 1. The van der Waals surface area contributed by atoms with E-state index in [1.165, 1.54) is 0 Å². The standard InChI is InChI=1S/C20H15BrN2O2/c1-20(2)12-8-15(25-3)13(21)7-11(12)18(24)17-16-10(9-22)5-4-6-14(16)23-19(17)20/h4-8,23H,1-3H3. The molecule has 2 aromatic carbocycles. The van der Waals surface area contributed by atoms with E-state index < -0.39 is 5.41 Å². The molecular formula is C20H15BrN2O2. The van der Waals surface area contributed by atoms with Crippen LogP contribution in [0.4, 0.5) is 0 Å². The number of ether oxygens (including phenoxy) is 1. The largest absolute Gasteiger partial charge is 0.496 e. The zero-order valence-electron chi connectivity index (χ0n) is 14.0. The second-order valence-corrected chi connectivity index (χ2v) is 7.56. The normalized spacial score (nSPS) is 14.8. The Balaban J connectivity index is 2.13. The molecule has 0 unspecified atom stereocenters. The van der Waals surface area contributed by atoms with Crippen LogP contribution in [0, 0.1) is 11.3 Å². The molecule has 0 amide bonds. The number of rotatable bonds is 1. The van der Waals surface area contributed by atoms with E-state index in [2.05, 4.69) is 40.8 Å². The van der Waals surface area contributed by atoms with Crippen molar-refractivity contribution >= 4 is 32.6 Å². The van der Waals surface area contributed by atoms with Gasteiger partial charge in [-0.05, 0) is 45.8 Å². The molecule has 1 aromatic heterocycles. The molecule has 0 radical (unpaired) electrons. The number of nitrogens with zero attached hydrogens (tertiary/aromatic N) is 1. The third kappa shape index (κ3) is 2.01. The van der Waals surface area contributed by atoms with Gasteiger partial charge in [0, 0.05) is 27.6 Å². The van der Waals surface area contributed by atoms with Crippen LogP contribution in [0.15, 0.2) is 34.8 Å². The van der Waals surface area contributed by atoms with Crippen molar-refractivity contribution in [1.82, 2.24) is 4.98 Å². The number of ketones is 1. The van der Waals surface area contributed by atoms with Gasteiger partial charge in [0.1, 0.15) is 5.75 Å². The van der Waals surface area contributed by atoms with Crippen molar-refractivity contribution < 1.29 is 9.53 Å². The van der Waals surface area contributed by atoms with Gasteiger partial charge in [-0.25, -0.2) is 0 Å². The van der Waals surface area contributed by atoms with Crippen LogP contribution >= 0.6 is 15.9 Å². The number of nitriles is 1. The average molecular weight is 395 g/mol. The van der Waals surface area contributed by atoms with Gasteiger partial charge in [-0.3, -0.25) is 4.79 Å². The minimum atomic E-state index is -0.418. The van der Waals surface area contributed by atoms with E-state index in [1.807, 2.05) is 24.3 Å². The van der Waals surface area contributed by atoms with Gasteiger partial charge >= 0.3 is 0 Å². The van der Waals surface area contributed by atoms with E-state index in [1.54, 1.807) is 13.2 Å². The number of hydrogen-bond donors (Lipinski definition) is 1. The first kappa shape index (κ1) is 15.9. The van der Waals surface area contributed by atoms with Gasteiger partial charge in [0.15, 0.2) is 5.78 Å². The third-order valence-corrected chi connectivity index (χ3v) is 5.63. The van der Waals surface area contributed by atoms with Crippen molar-refractivity contribution in [3.05, 3.63) is 62.8 Å². The molecular weight excluding hydrogens is 380 g/mol. The van der Waals surface area contributed by atoms with Gasteiger partial charge in [-0.2, -0.15) is 5.26 Å². The Labute approximate surface area is 153 Å². The molecule has 5 heteroatoms. The van der Waals surface area contributed by atoms with Crippen LogP contribution in [-0.4, -0.2) is 17.9 Å². The Morgan fingerprint density at radius 3 is 2.72 bits per heavy atom. The zero-order valence-corrected chi connectivity index (χ0v) is 15.6. The van der Waals surface area contributed by atoms with Gasteiger partial charge in [0.25, 0.3) is 0 Å². The Hall–Kier alpha value is -2.58. The predicted molar refractivity (Wildman–Crippen MR) is 99.3 cm³/mol. The molecule has 25 heavy (non-hydrogen) atoms. The molecule has 3 aromatic rings. The highest BCUT2D eigenvalue weighted by molar-refractivity contribution is 9.10. The maximum Gasteiger partial charge on any atom is 0.195 e. The Morgan fingerprint density at radius 2 is 2.04 bits per heavy atom. The predicted octanol–water partition coefficient (Wildman–Crippen LogP) is 4.68. The molecule has 0 saturated carbocycles. The number of H-pyrrole nitrogens is 1. The highest BCUT2D eigenvalue weighted by atomic mass is 79.9. The highest BCUT2D eigenvalue weighted by Crippen LogP contribution is 2.46. The first-order chi connectivity index (χ1) is 11.9. The first-order valence-electron chi connectivity index (χ1n) is 7.88. The maximum atomic E-state index is 13.3. The summed E-state index contributed by atoms with van der Waals surface area (Å²) in [6.07, 6.45) is 0. The van der Waals surface area contributed by atoms with Crippen molar-refractivity contribution in [2.45, 2.75) is 19.3 Å². The number of benzene rings is 2. The van der Waals surface area contributed by atoms with Crippen molar-refractivity contribution in [3.8, 4) is 11.8 Å². The summed E-state index contributed by atoms with van der Waals surface area (Å²) in [6.45, 7) is 4.15. The number of hydrogen-bond acceptors (Lipinski definition) is 3. The molecule has 0 bridgehead atoms. The zero-order chi connectivity index (χ0) is 17.9. The van der Waals surface area contributed by atoms with Gasteiger partial charge in [-0.15, -0.1) is 0 Å². The fourth-order valence-electron chi connectivity index (χ4n) is 3.72. The van der Waals surface area contributed by atoms with Crippen LogP contribution < -0.4 is 4.74 Å². The molecule has 1 heterocycles. The Kier molecular flexibility index (Phi) is 3.32. The number of aromatic nitrogens is 1. The molecule has 4 nitrogen and oxygen atoms in total. The number of halogens is 1. The van der Waals surface area contributed by atoms with Crippen LogP contribution in [0.2, 0.25) is 0 Å². The molecule has 0 aliphatic heterocycles. The molecule has 0 saturated heterocycles. The van der Waals surface area contributed by atoms with Crippen LogP contribution in [-0.2, 0) is 5.41 Å². The van der Waals surface area contributed by atoms with Crippen molar-refractivity contribution in [2.75, 3.05) is 7.11 Å². The summed E-state index contributed by atoms with van der Waals surface area (Å²) in [5.74, 6) is 0.624. The summed E-state index contributed by atoms with van der Waals surface area (Å²) >= 11 is 3.47. The van der Waals surface area contributed by atoms with Crippen LogP contribution in [0.1, 0.15) is 46.6 Å². The molecule has 0 atom stereocenters. The van der Waals surface area contributed by atoms with E-state index >= 15 is 0 Å². The van der Waals surface area contributed by atoms with Crippen LogP contribution in [0.5, 0.6) is 5.75 Å². The second kappa shape index (κ2) is 5.21. The van der Waals surface area contributed by atoms with Gasteiger partial charge < -0.3 is 9.72 Å². The number of carbonyl (C=O) groups is 1. The fourth-order valence-corrected chi connectivity index (χ4v) is 4.23. The van der Waals surface area contributed by atoms with E-state index in [9.17, 15) is 10.1 Å². The summed E-state index contributed by atoms with van der Waals surface area (Å²) in [6, 6.07) is 11.4. The highest BCUT2D eigenvalue weighted by Gasteiger charge is 2.40. The lowest BCUT2D eigenvalue weighted by molar-refractivity contribution is 0.103. The van der Waals surface area contributed by atoms with Crippen molar-refractivity contribution in [2.24, 2.45) is 0 Å². The summed E-state index contributed by atoms with van der Waals surface area (Å²) in [4.78, 5) is 16.7. The lowest BCUT2D eigenvalue weighted by Crippen LogP contribution is -2.30. The van der Waals surface area contributed by atoms with E-state index in [-0.39, 0.29) is 5.78 Å². The number of nitrogens with one attached hydrogen (secondary N) is 1. The lowest BCUT2D eigenvalue weighted by atomic mass is 9.71. The summed E-state index contributed by atoms with van der Waals surface area (Å²) in [5, 5.41) is 10.2. The molecule has 1 aliphatic carbocycles. The molecule has 1 N–H and O–H groups in total. The van der Waals surface area contributed by atoms with Crippen molar-refractivity contribution in [1.29, 1.82) is 5.26 Å². The van der Waals surface area contributed by atoms with Crippen LogP contribution in [0.25, 0.3) is 10.9 Å². The van der Waals surface area contributed by atoms with E-state index in [0.717, 1.165) is 21.2 Å². The SMILES string of the molecule is COc1cc2c(cc1Br)C(=O)c1c([nH]c3cccc(C#N)c13)C2(C)C. The smallest absolute Gasteiger partial charge is 0.195 e. The number of fused-ring (bicyclic) bond motifs is 4. The van der Waals surface area contributed by atoms with E-state index in [4.69, 9.17) is 4.74 Å². The summed E-state index contributed by atoms with van der Waals surface area (Å²) < 4.78 is 6.15. The lowest BCUT2D eigenvalue weighted by Gasteiger charge is -2.32. The molecule has 1 aliphatic rings. The number of methoxy groups -OCH3 is 1. The molecule has 4 rings (SSSR count). The Morgan fingerprint density at radius 1 is 1.28 bits per heavy atom. The minimum absolute atomic E-state index is 0.0679. The van der Waals surface area contributed by atoms with Gasteiger partial charge in [-0.1, -0.05) is 19.9 Å². The average Bonchev–Trinajstić information content (AvgIpc) is 3.00. The summed E-state index contributed by atoms with van der Waals surface area (Å²) in [7, 11) is 1.61. The maximum absolute atomic E-state index is 13.3. The van der Waals surface area contributed by atoms with Crippen molar-refractivity contribution in [3.63, 3.8) is 0 Å². The first-order valence-corrected chi connectivity index (χ1v) is 8.67. The van der Waals surface area contributed by atoms with Gasteiger partial charge in [0.05, 0.1) is 28.8 Å². The Bertz CT molecular complexity index is 1100. The topological polar surface area (TPSA) is 65.9 Å². The monoisotopic (exact) mass is 394 g/mol. The van der Waals surface area contributed by atoms with E-state index in [0.29, 0.717) is 27.8 Å². The quantitative estimate of drug-likeness (QED) is 0.651. The number of carbonyl (C=O) groups excluding carboxylic acids is 1. The minimum Gasteiger partial charge on any atom is -0.496 e. The second-order valence-electron chi connectivity index (χ2n) is 6.70. The fraction of sp³-hybridized carbons (Fsp3) is 0.200. The molecule has 0 fully saturated rings. The third-order valence-electron chi connectivity index (χ3n) is 5.01. The van der Waals surface area contributed by atoms with Gasteiger partial charge in [0.2, 0.25) is 0 Å². The molecule has 0 spiro atoms. The summed E-state index contributed by atoms with van der Waals surface area (Å²) in [5.41, 5.74) is 3.89.